The summed E-state index contributed by atoms with van der Waals surface area (Å²) in [5, 5.41) is 0.796. The van der Waals surface area contributed by atoms with Crippen LogP contribution in [-0.4, -0.2) is 63.7 Å². The van der Waals surface area contributed by atoms with Gasteiger partial charge in [0.25, 0.3) is 0 Å². The third-order valence-electron chi connectivity index (χ3n) is 4.09. The summed E-state index contributed by atoms with van der Waals surface area (Å²) in [4.78, 5) is 17.8. The van der Waals surface area contributed by atoms with Crippen molar-refractivity contribution in [2.75, 3.05) is 39.0 Å². The highest BCUT2D eigenvalue weighted by molar-refractivity contribution is 7.98. The van der Waals surface area contributed by atoms with Gasteiger partial charge in [-0.2, -0.15) is 0 Å². The molecule has 126 valence electrons. The van der Waals surface area contributed by atoms with E-state index in [0.29, 0.717) is 0 Å². The Hall–Kier alpha value is -1.76. The third-order valence-corrected chi connectivity index (χ3v) is 4.65. The maximum Gasteiger partial charge on any atom is 0.190 e. The molecule has 0 atom stereocenters. The number of benzene rings is 1. The van der Waals surface area contributed by atoms with E-state index in [9.17, 15) is 0 Å². The molecule has 0 bridgehead atoms. The number of thioether (sulfide) groups is 1. The average molecular weight is 341 g/mol. The smallest absolute Gasteiger partial charge is 0.190 e. The maximum absolute atomic E-state index is 4.46. The van der Waals surface area contributed by atoms with Crippen molar-refractivity contribution in [1.29, 1.82) is 0 Å². The zero-order chi connectivity index (χ0) is 16.6. The van der Waals surface area contributed by atoms with E-state index < -0.39 is 0 Å². The van der Waals surface area contributed by atoms with Crippen LogP contribution in [0.25, 0.3) is 6.08 Å². The maximum atomic E-state index is 4.46. The normalized spacial score (nSPS) is 16.7. The third kappa shape index (κ3) is 5.12. The second kappa shape index (κ2) is 8.92. The second-order valence-corrected chi connectivity index (χ2v) is 6.55. The van der Waals surface area contributed by atoms with Crippen molar-refractivity contribution in [3.8, 4) is 0 Å². The van der Waals surface area contributed by atoms with E-state index in [1.54, 1.807) is 18.1 Å². The molecule has 0 N–H and O–H groups in total. The van der Waals surface area contributed by atoms with Gasteiger partial charge >= 0.3 is 0 Å². The highest BCUT2D eigenvalue weighted by Gasteiger charge is 2.17. The summed E-state index contributed by atoms with van der Waals surface area (Å²) in [6.45, 7) is 6.09. The quantitative estimate of drug-likeness (QED) is 0.752. The summed E-state index contributed by atoms with van der Waals surface area (Å²) in [7, 11) is 0. The minimum Gasteiger partial charge on any atom is -0.297 e. The number of hydrogen-bond acceptors (Lipinski definition) is 6. The van der Waals surface area contributed by atoms with Gasteiger partial charge < -0.3 is 0 Å². The van der Waals surface area contributed by atoms with Crippen LogP contribution < -0.4 is 0 Å². The van der Waals surface area contributed by atoms with E-state index in [1.165, 1.54) is 5.56 Å². The molecule has 1 aromatic heterocycles. The fourth-order valence-corrected chi connectivity index (χ4v) is 3.07. The van der Waals surface area contributed by atoms with Crippen molar-refractivity contribution in [1.82, 2.24) is 24.8 Å². The van der Waals surface area contributed by atoms with Gasteiger partial charge in [-0.15, -0.1) is 0 Å². The van der Waals surface area contributed by atoms with Crippen LogP contribution in [0.1, 0.15) is 11.4 Å². The molecule has 1 aliphatic heterocycles. The highest BCUT2D eigenvalue weighted by atomic mass is 32.2. The molecule has 1 saturated heterocycles. The van der Waals surface area contributed by atoms with E-state index in [4.69, 9.17) is 0 Å². The Morgan fingerprint density at radius 3 is 2.54 bits per heavy atom. The van der Waals surface area contributed by atoms with E-state index in [1.807, 2.05) is 12.3 Å². The summed E-state index contributed by atoms with van der Waals surface area (Å²) in [5.41, 5.74) is 1.26. The largest absolute Gasteiger partial charge is 0.297 e. The standard InChI is InChI=1S/C18H23N5S/c1-24-18-20-15-19-17(21-18)14-23-12-10-22(11-13-23)9-5-8-16-6-3-2-4-7-16/h2-8,15H,9-14H2,1H3. The lowest BCUT2D eigenvalue weighted by Gasteiger charge is -2.33. The first-order valence-corrected chi connectivity index (χ1v) is 9.44. The first-order valence-electron chi connectivity index (χ1n) is 8.22. The second-order valence-electron chi connectivity index (χ2n) is 5.78. The Balaban J connectivity index is 1.43. The van der Waals surface area contributed by atoms with Crippen molar-refractivity contribution in [3.05, 3.63) is 54.1 Å². The molecule has 2 heterocycles. The monoisotopic (exact) mass is 341 g/mol. The molecule has 0 saturated carbocycles. The van der Waals surface area contributed by atoms with E-state index in [0.717, 1.165) is 50.2 Å². The van der Waals surface area contributed by atoms with Crippen LogP contribution in [0, 0.1) is 0 Å². The zero-order valence-corrected chi connectivity index (χ0v) is 14.8. The first-order chi connectivity index (χ1) is 11.8. The molecule has 0 spiro atoms. The number of piperazine rings is 1. The van der Waals surface area contributed by atoms with Crippen molar-refractivity contribution < 1.29 is 0 Å². The lowest BCUT2D eigenvalue weighted by atomic mass is 10.2. The molecule has 0 unspecified atom stereocenters. The lowest BCUT2D eigenvalue weighted by Crippen LogP contribution is -2.46. The molecule has 1 aromatic carbocycles. The van der Waals surface area contributed by atoms with Crippen LogP contribution in [0.3, 0.4) is 0 Å². The van der Waals surface area contributed by atoms with Crippen LogP contribution in [0.4, 0.5) is 0 Å². The van der Waals surface area contributed by atoms with Crippen LogP contribution in [0.5, 0.6) is 0 Å². The van der Waals surface area contributed by atoms with E-state index in [2.05, 4.69) is 61.2 Å². The number of rotatable bonds is 6. The van der Waals surface area contributed by atoms with Gasteiger partial charge in [0, 0.05) is 32.7 Å². The molecular weight excluding hydrogens is 318 g/mol. The summed E-state index contributed by atoms with van der Waals surface area (Å²) < 4.78 is 0. The molecule has 0 aliphatic carbocycles. The number of hydrogen-bond donors (Lipinski definition) is 0. The van der Waals surface area contributed by atoms with Crippen molar-refractivity contribution in [2.24, 2.45) is 0 Å². The van der Waals surface area contributed by atoms with Gasteiger partial charge in [0.05, 0.1) is 6.54 Å². The molecular formula is C18H23N5S. The van der Waals surface area contributed by atoms with Crippen molar-refractivity contribution in [3.63, 3.8) is 0 Å². The van der Waals surface area contributed by atoms with Crippen LogP contribution in [-0.2, 0) is 6.54 Å². The van der Waals surface area contributed by atoms with Gasteiger partial charge in [-0.3, -0.25) is 9.80 Å². The van der Waals surface area contributed by atoms with Gasteiger partial charge in [0.15, 0.2) is 5.16 Å². The van der Waals surface area contributed by atoms with Gasteiger partial charge in [0.1, 0.15) is 12.2 Å². The molecule has 2 aromatic rings. The Bertz CT molecular complexity index is 653. The zero-order valence-electron chi connectivity index (χ0n) is 14.0. The topological polar surface area (TPSA) is 45.2 Å². The Morgan fingerprint density at radius 2 is 1.79 bits per heavy atom. The van der Waals surface area contributed by atoms with Crippen molar-refractivity contribution >= 4 is 17.8 Å². The predicted octanol–water partition coefficient (Wildman–Crippen LogP) is 2.42. The predicted molar refractivity (Wildman–Crippen MR) is 98.8 cm³/mol. The van der Waals surface area contributed by atoms with Crippen LogP contribution in [0.2, 0.25) is 0 Å². The Kier molecular flexibility index (Phi) is 6.34. The average Bonchev–Trinajstić information content (AvgIpc) is 2.64. The van der Waals surface area contributed by atoms with E-state index >= 15 is 0 Å². The fraction of sp³-hybridized carbons (Fsp3) is 0.389. The summed E-state index contributed by atoms with van der Waals surface area (Å²) in [6.07, 6.45) is 8.04. The molecule has 5 nitrogen and oxygen atoms in total. The SMILES string of the molecule is CSc1ncnc(CN2CCN(CC=Cc3ccccc3)CC2)n1. The van der Waals surface area contributed by atoms with E-state index in [-0.39, 0.29) is 0 Å². The highest BCUT2D eigenvalue weighted by Crippen LogP contribution is 2.09. The minimum atomic E-state index is 0.796. The van der Waals surface area contributed by atoms with Crippen LogP contribution in [0.15, 0.2) is 47.9 Å². The first kappa shape index (κ1) is 17.1. The molecule has 0 radical (unpaired) electrons. The molecule has 0 amide bonds. The molecule has 3 rings (SSSR count). The summed E-state index contributed by atoms with van der Waals surface area (Å²) in [5.74, 6) is 0.867. The number of aromatic nitrogens is 3. The Morgan fingerprint density at radius 1 is 1.04 bits per heavy atom. The van der Waals surface area contributed by atoms with Crippen molar-refractivity contribution in [2.45, 2.75) is 11.7 Å². The molecule has 1 fully saturated rings. The molecule has 6 heteroatoms. The van der Waals surface area contributed by atoms with Gasteiger partial charge in [-0.05, 0) is 11.8 Å². The lowest BCUT2D eigenvalue weighted by molar-refractivity contribution is 0.134. The fourth-order valence-electron chi connectivity index (χ4n) is 2.72. The molecule has 24 heavy (non-hydrogen) atoms. The Labute approximate surface area is 147 Å². The summed E-state index contributed by atoms with van der Waals surface area (Å²) in [6, 6.07) is 10.5. The van der Waals surface area contributed by atoms with Gasteiger partial charge in [-0.25, -0.2) is 15.0 Å². The minimum absolute atomic E-state index is 0.796. The van der Waals surface area contributed by atoms with Crippen LogP contribution >= 0.6 is 11.8 Å². The number of nitrogens with zero attached hydrogens (tertiary/aromatic N) is 5. The molecule has 1 aliphatic rings. The van der Waals surface area contributed by atoms with Gasteiger partial charge in [-0.1, -0.05) is 54.2 Å². The van der Waals surface area contributed by atoms with Gasteiger partial charge in [0.2, 0.25) is 0 Å². The summed E-state index contributed by atoms with van der Waals surface area (Å²) >= 11 is 1.56.